The Balaban J connectivity index is 1.79. The third-order valence-corrected chi connectivity index (χ3v) is 5.96. The number of nitrogens with zero attached hydrogens (tertiary/aromatic N) is 3. The van der Waals surface area contributed by atoms with Crippen LogP contribution in [-0.2, 0) is 13.6 Å². The first-order valence-corrected chi connectivity index (χ1v) is 9.87. The van der Waals surface area contributed by atoms with Crippen LogP contribution >= 0.6 is 0 Å². The van der Waals surface area contributed by atoms with Gasteiger partial charge in [0.05, 0.1) is 29.4 Å². The molecule has 0 spiro atoms. The van der Waals surface area contributed by atoms with E-state index in [0.29, 0.717) is 0 Å². The van der Waals surface area contributed by atoms with Gasteiger partial charge < -0.3 is 13.9 Å². The fourth-order valence-corrected chi connectivity index (χ4v) is 4.20. The van der Waals surface area contributed by atoms with E-state index in [1.54, 1.807) is 7.11 Å². The number of hydrogen-bond donors (Lipinski definition) is 0. The second-order valence-electron chi connectivity index (χ2n) is 7.88. The van der Waals surface area contributed by atoms with Crippen molar-refractivity contribution in [1.29, 1.82) is 0 Å². The lowest BCUT2D eigenvalue weighted by Crippen LogP contribution is -2.05. The number of ether oxygens (including phenoxy) is 1. The van der Waals surface area contributed by atoms with E-state index in [2.05, 4.69) is 60.0 Å². The number of para-hydroxylation sites is 1. The van der Waals surface area contributed by atoms with Crippen LogP contribution in [0.2, 0.25) is 0 Å². The molecule has 0 aliphatic heterocycles. The van der Waals surface area contributed by atoms with Gasteiger partial charge in [-0.15, -0.1) is 0 Å². The first-order valence-electron chi connectivity index (χ1n) is 9.87. The Bertz CT molecular complexity index is 1220. The van der Waals surface area contributed by atoms with Crippen LogP contribution in [0.1, 0.15) is 24.0 Å². The lowest BCUT2D eigenvalue weighted by Gasteiger charge is -2.12. The largest absolute Gasteiger partial charge is 0.495 e. The maximum absolute atomic E-state index is 5.70. The quantitative estimate of drug-likeness (QED) is 0.460. The number of benzene rings is 2. The summed E-state index contributed by atoms with van der Waals surface area (Å²) in [4.78, 5) is 5.02. The zero-order chi connectivity index (χ0) is 19.4. The molecule has 0 saturated heterocycles. The molecule has 0 bridgehead atoms. The monoisotopic (exact) mass is 371 g/mol. The number of aryl methyl sites for hydroxylation is 2. The number of hydrogen-bond acceptors (Lipinski definition) is 2. The summed E-state index contributed by atoms with van der Waals surface area (Å²) in [6.07, 6.45) is 4.51. The summed E-state index contributed by atoms with van der Waals surface area (Å²) < 4.78 is 10.3. The van der Waals surface area contributed by atoms with Crippen molar-refractivity contribution < 1.29 is 4.74 Å². The van der Waals surface area contributed by atoms with Crippen LogP contribution in [0.3, 0.4) is 0 Å². The van der Waals surface area contributed by atoms with Crippen molar-refractivity contribution in [2.75, 3.05) is 7.11 Å². The van der Waals surface area contributed by atoms with Crippen LogP contribution in [0.15, 0.2) is 43.0 Å². The minimum absolute atomic E-state index is 0.753. The zero-order valence-electron chi connectivity index (χ0n) is 16.7. The molecule has 2 heterocycles. The topological polar surface area (TPSA) is 32.0 Å². The number of fused-ring (bicyclic) bond motifs is 2. The first kappa shape index (κ1) is 17.1. The number of rotatable bonds is 5. The van der Waals surface area contributed by atoms with Crippen molar-refractivity contribution in [2.24, 2.45) is 13.0 Å². The molecule has 1 aliphatic carbocycles. The Morgan fingerprint density at radius 1 is 1.25 bits per heavy atom. The Kier molecular flexibility index (Phi) is 3.83. The standard InChI is InChI=1S/C24H25N3O/c1-5-17-12-19-20(11-15(17)2)26(3)24(25-19)21-13-18-7-6-8-22(28-4)23(18)27(21)14-16-9-10-16/h5-8,11-13,16H,1,9-10,14H2,2-4H3. The highest BCUT2D eigenvalue weighted by Crippen LogP contribution is 2.39. The van der Waals surface area contributed by atoms with Crippen molar-refractivity contribution >= 4 is 28.0 Å². The first-order chi connectivity index (χ1) is 13.6. The van der Waals surface area contributed by atoms with Gasteiger partial charge in [-0.1, -0.05) is 24.8 Å². The smallest absolute Gasteiger partial charge is 0.157 e. The number of imidazole rings is 1. The van der Waals surface area contributed by atoms with Crippen LogP contribution in [0, 0.1) is 12.8 Å². The molecular formula is C24H25N3O. The molecule has 2 aromatic heterocycles. The fourth-order valence-electron chi connectivity index (χ4n) is 4.20. The van der Waals surface area contributed by atoms with Crippen LogP contribution in [0.4, 0.5) is 0 Å². The maximum atomic E-state index is 5.70. The summed E-state index contributed by atoms with van der Waals surface area (Å²) in [5.74, 6) is 2.67. The lowest BCUT2D eigenvalue weighted by atomic mass is 10.1. The molecule has 1 aliphatic rings. The van der Waals surface area contributed by atoms with Crippen LogP contribution in [0.25, 0.3) is 39.5 Å². The van der Waals surface area contributed by atoms with Gasteiger partial charge in [0, 0.05) is 19.0 Å². The molecular weight excluding hydrogens is 346 g/mol. The van der Waals surface area contributed by atoms with E-state index in [-0.39, 0.29) is 0 Å². The van der Waals surface area contributed by atoms with Crippen molar-refractivity contribution in [1.82, 2.24) is 14.1 Å². The average molecular weight is 371 g/mol. The molecule has 4 aromatic rings. The van der Waals surface area contributed by atoms with E-state index in [9.17, 15) is 0 Å². The molecule has 142 valence electrons. The summed E-state index contributed by atoms with van der Waals surface area (Å²) >= 11 is 0. The molecule has 0 radical (unpaired) electrons. The second kappa shape index (κ2) is 6.26. The Morgan fingerprint density at radius 3 is 2.79 bits per heavy atom. The molecule has 4 nitrogen and oxygen atoms in total. The van der Waals surface area contributed by atoms with Crippen molar-refractivity contribution in [2.45, 2.75) is 26.3 Å². The highest BCUT2D eigenvalue weighted by molar-refractivity contribution is 5.92. The molecule has 5 rings (SSSR count). The van der Waals surface area contributed by atoms with Crippen molar-refractivity contribution in [3.05, 3.63) is 54.1 Å². The summed E-state index contributed by atoms with van der Waals surface area (Å²) in [6.45, 7) is 7.07. The van der Waals surface area contributed by atoms with Gasteiger partial charge in [-0.05, 0) is 61.1 Å². The Morgan fingerprint density at radius 2 is 2.07 bits per heavy atom. The van der Waals surface area contributed by atoms with Gasteiger partial charge >= 0.3 is 0 Å². The van der Waals surface area contributed by atoms with Gasteiger partial charge in [0.25, 0.3) is 0 Å². The predicted octanol–water partition coefficient (Wildman–Crippen LogP) is 5.57. The Hall–Kier alpha value is -3.01. The molecule has 1 fully saturated rings. The van der Waals surface area contributed by atoms with Gasteiger partial charge in [0.15, 0.2) is 5.82 Å². The lowest BCUT2D eigenvalue weighted by molar-refractivity contribution is 0.417. The molecule has 2 aromatic carbocycles. The van der Waals surface area contributed by atoms with E-state index in [0.717, 1.165) is 46.3 Å². The van der Waals surface area contributed by atoms with Crippen molar-refractivity contribution in [3.63, 3.8) is 0 Å². The third kappa shape index (κ3) is 2.55. The van der Waals surface area contributed by atoms with E-state index >= 15 is 0 Å². The number of methoxy groups -OCH3 is 1. The second-order valence-corrected chi connectivity index (χ2v) is 7.88. The SMILES string of the molecule is C=Cc1cc2nc(-c3cc4cccc(OC)c4n3CC3CC3)n(C)c2cc1C. The normalized spacial score (nSPS) is 14.1. The highest BCUT2D eigenvalue weighted by Gasteiger charge is 2.26. The molecule has 1 saturated carbocycles. The van der Waals surface area contributed by atoms with Gasteiger partial charge in [0.2, 0.25) is 0 Å². The molecule has 0 N–H and O–H groups in total. The van der Waals surface area contributed by atoms with Crippen LogP contribution in [0.5, 0.6) is 5.75 Å². The van der Waals surface area contributed by atoms with E-state index in [1.165, 1.54) is 29.3 Å². The fraction of sp³-hybridized carbons (Fsp3) is 0.292. The molecule has 4 heteroatoms. The van der Waals surface area contributed by atoms with Gasteiger partial charge in [-0.25, -0.2) is 4.98 Å². The molecule has 0 atom stereocenters. The minimum Gasteiger partial charge on any atom is -0.495 e. The van der Waals surface area contributed by atoms with E-state index < -0.39 is 0 Å². The summed E-state index contributed by atoms with van der Waals surface area (Å²) in [7, 11) is 3.85. The van der Waals surface area contributed by atoms with E-state index in [4.69, 9.17) is 9.72 Å². The maximum Gasteiger partial charge on any atom is 0.157 e. The van der Waals surface area contributed by atoms with Gasteiger partial charge in [-0.2, -0.15) is 0 Å². The van der Waals surface area contributed by atoms with Crippen LogP contribution < -0.4 is 4.74 Å². The molecule has 28 heavy (non-hydrogen) atoms. The summed E-state index contributed by atoms with van der Waals surface area (Å²) in [5, 5.41) is 1.20. The van der Waals surface area contributed by atoms with Crippen molar-refractivity contribution in [3.8, 4) is 17.3 Å². The summed E-state index contributed by atoms with van der Waals surface area (Å²) in [5.41, 5.74) is 6.83. The minimum atomic E-state index is 0.753. The molecule has 0 unspecified atom stereocenters. The van der Waals surface area contributed by atoms with E-state index in [1.807, 2.05) is 12.1 Å². The van der Waals surface area contributed by atoms with Gasteiger partial charge in [0.1, 0.15) is 5.75 Å². The van der Waals surface area contributed by atoms with Gasteiger partial charge in [-0.3, -0.25) is 0 Å². The average Bonchev–Trinajstić information content (AvgIpc) is 3.38. The van der Waals surface area contributed by atoms with Crippen LogP contribution in [-0.4, -0.2) is 21.2 Å². The highest BCUT2D eigenvalue weighted by atomic mass is 16.5. The summed E-state index contributed by atoms with van der Waals surface area (Å²) in [6, 6.07) is 12.9. The third-order valence-electron chi connectivity index (χ3n) is 5.96. The predicted molar refractivity (Wildman–Crippen MR) is 116 cm³/mol. The Labute approximate surface area is 165 Å². The number of aromatic nitrogens is 3. The zero-order valence-corrected chi connectivity index (χ0v) is 16.7. The molecule has 0 amide bonds.